The molecule has 0 radical (unpaired) electrons. The van der Waals surface area contributed by atoms with Crippen molar-refractivity contribution in [2.45, 2.75) is 20.0 Å². The predicted molar refractivity (Wildman–Crippen MR) is 137 cm³/mol. The van der Waals surface area contributed by atoms with Gasteiger partial charge in [0.25, 0.3) is 11.5 Å². The molecule has 4 aromatic rings. The third-order valence-electron chi connectivity index (χ3n) is 5.80. The SMILES string of the molecule is Cc1c(NC(=O)C(C)OC(=O)COc2ccccc2-c2ccccc2)c(=O)n(-c2ccccc2)n1C. The lowest BCUT2D eigenvalue weighted by atomic mass is 10.1. The summed E-state index contributed by atoms with van der Waals surface area (Å²) in [5.74, 6) is -0.787. The summed E-state index contributed by atoms with van der Waals surface area (Å²) in [7, 11) is 1.73. The second kappa shape index (κ2) is 10.8. The van der Waals surface area contributed by atoms with E-state index in [2.05, 4.69) is 5.32 Å². The van der Waals surface area contributed by atoms with Crippen LogP contribution in [0.3, 0.4) is 0 Å². The number of aromatic nitrogens is 2. The van der Waals surface area contributed by atoms with Crippen molar-refractivity contribution < 1.29 is 19.1 Å². The van der Waals surface area contributed by atoms with E-state index in [0.717, 1.165) is 11.1 Å². The molecule has 184 valence electrons. The molecule has 36 heavy (non-hydrogen) atoms. The van der Waals surface area contributed by atoms with Gasteiger partial charge in [0.1, 0.15) is 11.4 Å². The third kappa shape index (κ3) is 5.22. The molecule has 0 aliphatic heterocycles. The monoisotopic (exact) mass is 485 g/mol. The number of nitrogens with zero attached hydrogens (tertiary/aromatic N) is 2. The minimum absolute atomic E-state index is 0.127. The number of ether oxygens (including phenoxy) is 2. The quantitative estimate of drug-likeness (QED) is 0.380. The lowest BCUT2D eigenvalue weighted by molar-refractivity contribution is -0.155. The largest absolute Gasteiger partial charge is 0.481 e. The van der Waals surface area contributed by atoms with Crippen LogP contribution in [0.25, 0.3) is 16.8 Å². The first-order valence-corrected chi connectivity index (χ1v) is 11.5. The minimum Gasteiger partial charge on any atom is -0.481 e. The standard InChI is InChI=1S/C28H27N3O5/c1-19-26(28(34)31(30(19)3)22-14-8-5-9-15-22)29-27(33)20(2)36-25(32)18-35-24-17-11-10-16-23(24)21-12-6-4-7-13-21/h4-17,20H,18H2,1-3H3,(H,29,33). The van der Waals surface area contributed by atoms with Gasteiger partial charge in [0, 0.05) is 12.6 Å². The van der Waals surface area contributed by atoms with Gasteiger partial charge in [0.05, 0.1) is 11.4 Å². The van der Waals surface area contributed by atoms with Gasteiger partial charge in [0.2, 0.25) is 0 Å². The van der Waals surface area contributed by atoms with Crippen LogP contribution < -0.4 is 15.6 Å². The Morgan fingerprint density at radius 2 is 1.53 bits per heavy atom. The highest BCUT2D eigenvalue weighted by atomic mass is 16.6. The number of carbonyl (C=O) groups excluding carboxylic acids is 2. The average Bonchev–Trinajstić information content (AvgIpc) is 3.11. The number of nitrogens with one attached hydrogen (secondary N) is 1. The highest BCUT2D eigenvalue weighted by Crippen LogP contribution is 2.29. The first-order valence-electron chi connectivity index (χ1n) is 11.5. The molecule has 0 fully saturated rings. The number of anilines is 1. The lowest BCUT2D eigenvalue weighted by Crippen LogP contribution is -2.33. The fraction of sp³-hybridized carbons (Fsp3) is 0.179. The Morgan fingerprint density at radius 1 is 0.917 bits per heavy atom. The zero-order chi connectivity index (χ0) is 25.7. The van der Waals surface area contributed by atoms with Crippen molar-refractivity contribution in [1.29, 1.82) is 0 Å². The fourth-order valence-corrected chi connectivity index (χ4v) is 3.81. The average molecular weight is 486 g/mol. The first-order chi connectivity index (χ1) is 17.4. The van der Waals surface area contributed by atoms with Crippen LogP contribution in [0.4, 0.5) is 5.69 Å². The summed E-state index contributed by atoms with van der Waals surface area (Å²) in [5, 5.41) is 2.61. The van der Waals surface area contributed by atoms with Gasteiger partial charge in [-0.25, -0.2) is 9.48 Å². The molecular weight excluding hydrogens is 458 g/mol. The number of esters is 1. The molecule has 0 bridgehead atoms. The Kier molecular flexibility index (Phi) is 7.34. The van der Waals surface area contributed by atoms with Crippen molar-refractivity contribution in [2.75, 3.05) is 11.9 Å². The summed E-state index contributed by atoms with van der Waals surface area (Å²) >= 11 is 0. The van der Waals surface area contributed by atoms with Gasteiger partial charge in [-0.3, -0.25) is 14.3 Å². The van der Waals surface area contributed by atoms with Crippen molar-refractivity contribution in [3.63, 3.8) is 0 Å². The zero-order valence-corrected chi connectivity index (χ0v) is 20.3. The van der Waals surface area contributed by atoms with Crippen LogP contribution in [-0.4, -0.2) is 34.0 Å². The Hall–Kier alpha value is -4.59. The molecule has 0 aliphatic rings. The molecular formula is C28H27N3O5. The molecule has 1 heterocycles. The maximum atomic E-state index is 13.0. The highest BCUT2D eigenvalue weighted by Gasteiger charge is 2.23. The van der Waals surface area contributed by atoms with E-state index < -0.39 is 18.0 Å². The molecule has 4 rings (SSSR count). The Morgan fingerprint density at radius 3 is 2.22 bits per heavy atom. The zero-order valence-electron chi connectivity index (χ0n) is 20.3. The van der Waals surface area contributed by atoms with E-state index in [1.165, 1.54) is 11.6 Å². The number of benzene rings is 3. The van der Waals surface area contributed by atoms with Crippen LogP contribution in [0.5, 0.6) is 5.75 Å². The van der Waals surface area contributed by atoms with E-state index in [0.29, 0.717) is 17.1 Å². The van der Waals surface area contributed by atoms with Gasteiger partial charge in [-0.05, 0) is 37.6 Å². The molecule has 0 spiro atoms. The molecule has 1 amide bonds. The van der Waals surface area contributed by atoms with Gasteiger partial charge in [-0.2, -0.15) is 0 Å². The number of para-hydroxylation sites is 2. The summed E-state index contributed by atoms with van der Waals surface area (Å²) in [6.07, 6.45) is -1.13. The van der Waals surface area contributed by atoms with Crippen LogP contribution in [0.15, 0.2) is 89.7 Å². The van der Waals surface area contributed by atoms with E-state index >= 15 is 0 Å². The van der Waals surface area contributed by atoms with Crippen molar-refractivity contribution in [3.8, 4) is 22.6 Å². The summed E-state index contributed by atoms with van der Waals surface area (Å²) in [6.45, 7) is 2.80. The minimum atomic E-state index is -1.13. The van der Waals surface area contributed by atoms with Crippen molar-refractivity contribution in [1.82, 2.24) is 9.36 Å². The van der Waals surface area contributed by atoms with E-state index in [4.69, 9.17) is 9.47 Å². The highest BCUT2D eigenvalue weighted by molar-refractivity contribution is 5.95. The van der Waals surface area contributed by atoms with Gasteiger partial charge in [0.15, 0.2) is 12.7 Å². The molecule has 0 aliphatic carbocycles. The molecule has 1 N–H and O–H groups in total. The molecule has 3 aromatic carbocycles. The maximum Gasteiger partial charge on any atom is 0.344 e. The van der Waals surface area contributed by atoms with E-state index in [9.17, 15) is 14.4 Å². The van der Waals surface area contributed by atoms with E-state index in [1.54, 1.807) is 36.9 Å². The second-order valence-electron chi connectivity index (χ2n) is 8.21. The Bertz CT molecular complexity index is 1420. The van der Waals surface area contributed by atoms with Crippen LogP contribution in [0, 0.1) is 6.92 Å². The Balaban J connectivity index is 1.40. The van der Waals surface area contributed by atoms with Crippen LogP contribution in [0.1, 0.15) is 12.6 Å². The van der Waals surface area contributed by atoms with Crippen molar-refractivity contribution in [2.24, 2.45) is 7.05 Å². The van der Waals surface area contributed by atoms with Crippen LogP contribution in [-0.2, 0) is 21.4 Å². The number of rotatable bonds is 8. The van der Waals surface area contributed by atoms with E-state index in [-0.39, 0.29) is 17.9 Å². The number of hydrogen-bond donors (Lipinski definition) is 1. The fourth-order valence-electron chi connectivity index (χ4n) is 3.81. The summed E-state index contributed by atoms with van der Waals surface area (Å²) < 4.78 is 14.1. The Labute approximate surface area is 208 Å². The number of amides is 1. The second-order valence-corrected chi connectivity index (χ2v) is 8.21. The molecule has 1 atom stereocenters. The molecule has 8 nitrogen and oxygen atoms in total. The van der Waals surface area contributed by atoms with Crippen molar-refractivity contribution in [3.05, 3.63) is 101 Å². The predicted octanol–water partition coefficient (Wildman–Crippen LogP) is 4.10. The van der Waals surface area contributed by atoms with Crippen molar-refractivity contribution >= 4 is 17.6 Å². The summed E-state index contributed by atoms with van der Waals surface area (Å²) in [5.41, 5.74) is 2.77. The maximum absolute atomic E-state index is 13.0. The molecule has 1 unspecified atom stereocenters. The first kappa shape index (κ1) is 24.5. The van der Waals surface area contributed by atoms with Crippen LogP contribution in [0.2, 0.25) is 0 Å². The van der Waals surface area contributed by atoms with Crippen LogP contribution >= 0.6 is 0 Å². The van der Waals surface area contributed by atoms with Gasteiger partial charge >= 0.3 is 5.97 Å². The third-order valence-corrected chi connectivity index (χ3v) is 5.80. The van der Waals surface area contributed by atoms with E-state index in [1.807, 2.05) is 66.7 Å². The smallest absolute Gasteiger partial charge is 0.344 e. The lowest BCUT2D eigenvalue weighted by Gasteiger charge is -2.14. The number of carbonyl (C=O) groups is 2. The number of hydrogen-bond acceptors (Lipinski definition) is 5. The molecule has 0 saturated carbocycles. The molecule has 8 heteroatoms. The van der Waals surface area contributed by atoms with Gasteiger partial charge in [-0.15, -0.1) is 0 Å². The normalized spacial score (nSPS) is 11.5. The van der Waals surface area contributed by atoms with Gasteiger partial charge in [-0.1, -0.05) is 66.7 Å². The van der Waals surface area contributed by atoms with Gasteiger partial charge < -0.3 is 14.8 Å². The topological polar surface area (TPSA) is 91.6 Å². The summed E-state index contributed by atoms with van der Waals surface area (Å²) in [6, 6.07) is 26.1. The molecule has 1 aromatic heterocycles. The molecule has 0 saturated heterocycles. The summed E-state index contributed by atoms with van der Waals surface area (Å²) in [4.78, 5) is 38.1.